The minimum Gasteiger partial charge on any atom is -0.356 e. The summed E-state index contributed by atoms with van der Waals surface area (Å²) >= 11 is 1.37. The number of anilines is 1. The lowest BCUT2D eigenvalue weighted by atomic mass is 9.97. The molecule has 2 N–H and O–H groups in total. The summed E-state index contributed by atoms with van der Waals surface area (Å²) in [6.07, 6.45) is 1.74. The predicted octanol–water partition coefficient (Wildman–Crippen LogP) is 0.565. The topological polar surface area (TPSA) is 84.0 Å². The van der Waals surface area contributed by atoms with Crippen LogP contribution in [0.4, 0.5) is 5.13 Å². The quantitative estimate of drug-likeness (QED) is 0.825. The number of nitrogens with one attached hydrogen (secondary N) is 2. The Morgan fingerprint density at radius 1 is 1.59 bits per heavy atom. The molecule has 6 nitrogen and oxygen atoms in total. The van der Waals surface area contributed by atoms with E-state index in [1.54, 1.807) is 0 Å². The zero-order valence-corrected chi connectivity index (χ0v) is 10.3. The Morgan fingerprint density at radius 2 is 2.41 bits per heavy atom. The fraction of sp³-hybridized carbons (Fsp3) is 0.600. The van der Waals surface area contributed by atoms with Crippen molar-refractivity contribution in [2.75, 3.05) is 11.9 Å². The SMILES string of the molecule is CCc1nnc(NC(=O)C2CCNC(=O)C2)s1. The van der Waals surface area contributed by atoms with Crippen LogP contribution in [0.3, 0.4) is 0 Å². The van der Waals surface area contributed by atoms with E-state index in [0.717, 1.165) is 11.4 Å². The number of piperidine rings is 1. The highest BCUT2D eigenvalue weighted by Gasteiger charge is 2.26. The van der Waals surface area contributed by atoms with E-state index in [4.69, 9.17) is 0 Å². The lowest BCUT2D eigenvalue weighted by Gasteiger charge is -2.20. The summed E-state index contributed by atoms with van der Waals surface area (Å²) in [6, 6.07) is 0. The number of aromatic nitrogens is 2. The zero-order valence-electron chi connectivity index (χ0n) is 9.52. The second-order valence-corrected chi connectivity index (χ2v) is 4.95. The Kier molecular flexibility index (Phi) is 3.68. The molecule has 0 spiro atoms. The normalized spacial score (nSPS) is 19.8. The summed E-state index contributed by atoms with van der Waals surface area (Å²) < 4.78 is 0. The average Bonchev–Trinajstić information content (AvgIpc) is 2.77. The minimum atomic E-state index is -0.252. The van der Waals surface area contributed by atoms with Gasteiger partial charge in [0.1, 0.15) is 5.01 Å². The Morgan fingerprint density at radius 3 is 3.06 bits per heavy atom. The van der Waals surface area contributed by atoms with Crippen LogP contribution in [0.5, 0.6) is 0 Å². The highest BCUT2D eigenvalue weighted by Crippen LogP contribution is 2.19. The number of hydrogen-bond donors (Lipinski definition) is 2. The molecule has 17 heavy (non-hydrogen) atoms. The number of nitrogens with zero attached hydrogens (tertiary/aromatic N) is 2. The van der Waals surface area contributed by atoms with Crippen LogP contribution in [-0.2, 0) is 16.0 Å². The van der Waals surface area contributed by atoms with Crippen molar-refractivity contribution in [3.05, 3.63) is 5.01 Å². The van der Waals surface area contributed by atoms with E-state index in [2.05, 4.69) is 20.8 Å². The van der Waals surface area contributed by atoms with Gasteiger partial charge in [-0.3, -0.25) is 9.59 Å². The van der Waals surface area contributed by atoms with E-state index in [-0.39, 0.29) is 24.2 Å². The molecule has 0 radical (unpaired) electrons. The number of hydrogen-bond acceptors (Lipinski definition) is 5. The van der Waals surface area contributed by atoms with Crippen LogP contribution in [0.2, 0.25) is 0 Å². The lowest BCUT2D eigenvalue weighted by molar-refractivity contribution is -0.129. The van der Waals surface area contributed by atoms with Crippen LogP contribution in [-0.4, -0.2) is 28.6 Å². The van der Waals surface area contributed by atoms with Crippen molar-refractivity contribution < 1.29 is 9.59 Å². The lowest BCUT2D eigenvalue weighted by Crippen LogP contribution is -2.38. The molecular formula is C10H14N4O2S. The van der Waals surface area contributed by atoms with E-state index >= 15 is 0 Å². The maximum Gasteiger partial charge on any atom is 0.229 e. The first kappa shape index (κ1) is 12.0. The number of rotatable bonds is 3. The third-order valence-corrected chi connectivity index (χ3v) is 3.60. The summed E-state index contributed by atoms with van der Waals surface area (Å²) in [5, 5.41) is 14.6. The molecule has 7 heteroatoms. The first-order valence-corrected chi connectivity index (χ1v) is 6.40. The second-order valence-electron chi connectivity index (χ2n) is 3.88. The van der Waals surface area contributed by atoms with Gasteiger partial charge >= 0.3 is 0 Å². The Balaban J connectivity index is 1.94. The monoisotopic (exact) mass is 254 g/mol. The fourth-order valence-corrected chi connectivity index (χ4v) is 2.34. The molecule has 0 bridgehead atoms. The van der Waals surface area contributed by atoms with E-state index in [9.17, 15) is 9.59 Å². The fourth-order valence-electron chi connectivity index (χ4n) is 1.66. The Bertz CT molecular complexity index is 432. The zero-order chi connectivity index (χ0) is 12.3. The van der Waals surface area contributed by atoms with E-state index < -0.39 is 0 Å². The molecular weight excluding hydrogens is 240 g/mol. The first-order chi connectivity index (χ1) is 8.19. The van der Waals surface area contributed by atoms with Gasteiger partial charge in [0.05, 0.1) is 0 Å². The molecule has 0 aliphatic carbocycles. The predicted molar refractivity (Wildman–Crippen MR) is 63.7 cm³/mol. The summed E-state index contributed by atoms with van der Waals surface area (Å²) in [6.45, 7) is 2.55. The van der Waals surface area contributed by atoms with Crippen molar-refractivity contribution in [3.8, 4) is 0 Å². The number of carbonyl (C=O) groups is 2. The van der Waals surface area contributed by atoms with Gasteiger partial charge in [-0.15, -0.1) is 10.2 Å². The van der Waals surface area contributed by atoms with Gasteiger partial charge < -0.3 is 10.6 Å². The van der Waals surface area contributed by atoms with Crippen molar-refractivity contribution in [1.82, 2.24) is 15.5 Å². The maximum absolute atomic E-state index is 11.9. The van der Waals surface area contributed by atoms with Crippen LogP contribution in [0, 0.1) is 5.92 Å². The maximum atomic E-state index is 11.9. The second kappa shape index (κ2) is 5.22. The molecule has 0 aromatic carbocycles. The van der Waals surface area contributed by atoms with Crippen molar-refractivity contribution >= 4 is 28.3 Å². The summed E-state index contributed by atoms with van der Waals surface area (Å²) in [7, 11) is 0. The largest absolute Gasteiger partial charge is 0.356 e. The van der Waals surface area contributed by atoms with E-state index in [0.29, 0.717) is 18.1 Å². The van der Waals surface area contributed by atoms with Crippen LogP contribution in [0.15, 0.2) is 0 Å². The standard InChI is InChI=1S/C10H14N4O2S/c1-2-8-13-14-10(17-8)12-9(16)6-3-4-11-7(15)5-6/h6H,2-5H2,1H3,(H,11,15)(H,12,14,16). The van der Waals surface area contributed by atoms with Crippen LogP contribution >= 0.6 is 11.3 Å². The van der Waals surface area contributed by atoms with Gasteiger partial charge in [0.2, 0.25) is 16.9 Å². The van der Waals surface area contributed by atoms with Gasteiger partial charge in [0.15, 0.2) is 0 Å². The van der Waals surface area contributed by atoms with E-state index in [1.807, 2.05) is 6.92 Å². The van der Waals surface area contributed by atoms with Gasteiger partial charge in [-0.05, 0) is 12.8 Å². The molecule has 2 rings (SSSR count). The highest BCUT2D eigenvalue weighted by atomic mass is 32.1. The smallest absolute Gasteiger partial charge is 0.229 e. The first-order valence-electron chi connectivity index (χ1n) is 5.59. The van der Waals surface area contributed by atoms with Crippen molar-refractivity contribution in [1.29, 1.82) is 0 Å². The van der Waals surface area contributed by atoms with Crippen LogP contribution in [0.25, 0.3) is 0 Å². The molecule has 1 aromatic rings. The number of amides is 2. The van der Waals surface area contributed by atoms with Gasteiger partial charge in [-0.2, -0.15) is 0 Å². The molecule has 1 fully saturated rings. The summed E-state index contributed by atoms with van der Waals surface area (Å²) in [5.74, 6) is -0.459. The van der Waals surface area contributed by atoms with Crippen molar-refractivity contribution in [2.24, 2.45) is 5.92 Å². The van der Waals surface area contributed by atoms with E-state index in [1.165, 1.54) is 11.3 Å². The van der Waals surface area contributed by atoms with Crippen molar-refractivity contribution in [3.63, 3.8) is 0 Å². The highest BCUT2D eigenvalue weighted by molar-refractivity contribution is 7.15. The molecule has 1 aliphatic rings. The van der Waals surface area contributed by atoms with Gasteiger partial charge in [-0.1, -0.05) is 18.3 Å². The minimum absolute atomic E-state index is 0.0667. The van der Waals surface area contributed by atoms with Crippen LogP contribution < -0.4 is 10.6 Å². The summed E-state index contributed by atoms with van der Waals surface area (Å²) in [5.41, 5.74) is 0. The van der Waals surface area contributed by atoms with Gasteiger partial charge in [0, 0.05) is 18.9 Å². The number of aryl methyl sites for hydroxylation is 1. The molecule has 1 aliphatic heterocycles. The third-order valence-electron chi connectivity index (χ3n) is 2.62. The van der Waals surface area contributed by atoms with Crippen molar-refractivity contribution in [2.45, 2.75) is 26.2 Å². The van der Waals surface area contributed by atoms with Gasteiger partial charge in [0.25, 0.3) is 0 Å². The summed E-state index contributed by atoms with van der Waals surface area (Å²) in [4.78, 5) is 23.0. The van der Waals surface area contributed by atoms with Crippen LogP contribution in [0.1, 0.15) is 24.8 Å². The molecule has 2 heterocycles. The molecule has 1 saturated heterocycles. The third kappa shape index (κ3) is 3.00. The molecule has 1 atom stereocenters. The molecule has 92 valence electrons. The molecule has 2 amide bonds. The molecule has 1 aromatic heterocycles. The Labute approximate surface area is 103 Å². The number of carbonyl (C=O) groups excluding carboxylic acids is 2. The average molecular weight is 254 g/mol. The van der Waals surface area contributed by atoms with Gasteiger partial charge in [-0.25, -0.2) is 0 Å². The Hall–Kier alpha value is -1.50. The molecule has 0 saturated carbocycles. The molecule has 1 unspecified atom stereocenters.